The molecule has 2 rings (SSSR count). The van der Waals surface area contributed by atoms with Gasteiger partial charge < -0.3 is 5.73 Å². The van der Waals surface area contributed by atoms with E-state index in [1.807, 2.05) is 0 Å². The molecule has 116 valence electrons. The Balaban J connectivity index is 2.18. The zero-order valence-corrected chi connectivity index (χ0v) is 14.1. The quantitative estimate of drug-likeness (QED) is 0.788. The van der Waals surface area contributed by atoms with E-state index in [9.17, 15) is 8.42 Å². The summed E-state index contributed by atoms with van der Waals surface area (Å²) in [5.41, 5.74) is 7.06. The molecule has 1 aromatic carbocycles. The van der Waals surface area contributed by atoms with Crippen LogP contribution in [-0.4, -0.2) is 20.0 Å². The van der Waals surface area contributed by atoms with Crippen LogP contribution in [0.2, 0.25) is 0 Å². The van der Waals surface area contributed by atoms with Crippen molar-refractivity contribution in [3.05, 3.63) is 29.3 Å². The molecule has 4 nitrogen and oxygen atoms in total. The van der Waals surface area contributed by atoms with Gasteiger partial charge in [-0.2, -0.15) is 0 Å². The smallest absolute Gasteiger partial charge is 0.240 e. The van der Waals surface area contributed by atoms with Gasteiger partial charge in [0.25, 0.3) is 0 Å². The molecule has 6 heteroatoms. The monoisotopic (exact) mass is 326 g/mol. The van der Waals surface area contributed by atoms with Crippen molar-refractivity contribution in [1.29, 1.82) is 0 Å². The number of nitrogens with two attached hydrogens (primary N) is 1. The maximum absolute atomic E-state index is 12.5. The molecule has 0 radical (unpaired) electrons. The summed E-state index contributed by atoms with van der Waals surface area (Å²) < 4.78 is 27.7. The predicted octanol–water partition coefficient (Wildman–Crippen LogP) is 2.49. The summed E-state index contributed by atoms with van der Waals surface area (Å²) in [5, 5.41) is 0. The average molecular weight is 326 g/mol. The van der Waals surface area contributed by atoms with Gasteiger partial charge in [0.2, 0.25) is 10.0 Å². The summed E-state index contributed by atoms with van der Waals surface area (Å²) in [7, 11) is -3.49. The fourth-order valence-corrected chi connectivity index (χ4v) is 4.27. The minimum absolute atomic E-state index is 0.153. The van der Waals surface area contributed by atoms with Gasteiger partial charge in [0.05, 0.1) is 4.90 Å². The van der Waals surface area contributed by atoms with E-state index in [1.165, 1.54) is 6.42 Å². The first-order valence-electron chi connectivity index (χ1n) is 7.20. The zero-order valence-electron chi connectivity index (χ0n) is 12.5. The highest BCUT2D eigenvalue weighted by molar-refractivity contribution is 7.89. The summed E-state index contributed by atoms with van der Waals surface area (Å²) in [4.78, 5) is 0.572. The molecule has 21 heavy (non-hydrogen) atoms. The van der Waals surface area contributed by atoms with Crippen LogP contribution in [0, 0.1) is 12.3 Å². The second kappa shape index (κ2) is 6.02. The molecular formula is C15H22N2O2S2. The second-order valence-corrected chi connectivity index (χ2v) is 8.05. The highest BCUT2D eigenvalue weighted by Gasteiger charge is 2.36. The maximum Gasteiger partial charge on any atom is 0.240 e. The summed E-state index contributed by atoms with van der Waals surface area (Å²) in [5.74, 6) is 0. The first kappa shape index (κ1) is 16.4. The molecule has 1 aromatic rings. The normalized spacial score (nSPS) is 17.2. The Kier molecular flexibility index (Phi) is 4.70. The second-order valence-electron chi connectivity index (χ2n) is 5.88. The number of aryl methyl sites for hydroxylation is 1. The van der Waals surface area contributed by atoms with Crippen molar-refractivity contribution in [3.63, 3.8) is 0 Å². The van der Waals surface area contributed by atoms with Gasteiger partial charge in [-0.1, -0.05) is 31.6 Å². The van der Waals surface area contributed by atoms with Crippen LogP contribution in [0.1, 0.15) is 43.7 Å². The van der Waals surface area contributed by atoms with Crippen LogP contribution in [0.3, 0.4) is 0 Å². The molecule has 0 aliphatic heterocycles. The Labute approximate surface area is 132 Å². The van der Waals surface area contributed by atoms with Crippen molar-refractivity contribution >= 4 is 27.2 Å². The van der Waals surface area contributed by atoms with Gasteiger partial charge >= 0.3 is 0 Å². The topological polar surface area (TPSA) is 72.2 Å². The Bertz CT molecular complexity index is 644. The molecule has 3 N–H and O–H groups in total. The summed E-state index contributed by atoms with van der Waals surface area (Å²) in [6, 6.07) is 4.95. The van der Waals surface area contributed by atoms with Crippen LogP contribution in [0.5, 0.6) is 0 Å². The van der Waals surface area contributed by atoms with Crippen LogP contribution in [0.25, 0.3) is 0 Å². The van der Waals surface area contributed by atoms with Crippen molar-refractivity contribution < 1.29 is 8.42 Å². The van der Waals surface area contributed by atoms with E-state index in [-0.39, 0.29) is 10.4 Å². The van der Waals surface area contributed by atoms with E-state index in [2.05, 4.69) is 11.6 Å². The van der Waals surface area contributed by atoms with Crippen molar-refractivity contribution in [2.24, 2.45) is 11.1 Å². The van der Waals surface area contributed by atoms with E-state index in [0.717, 1.165) is 19.3 Å². The van der Waals surface area contributed by atoms with Crippen molar-refractivity contribution in [2.45, 2.75) is 44.4 Å². The first-order valence-corrected chi connectivity index (χ1v) is 9.09. The molecular weight excluding hydrogens is 304 g/mol. The van der Waals surface area contributed by atoms with Gasteiger partial charge in [0.15, 0.2) is 0 Å². The van der Waals surface area contributed by atoms with Crippen molar-refractivity contribution in [3.8, 4) is 0 Å². The Morgan fingerprint density at radius 3 is 2.52 bits per heavy atom. The number of hydrogen-bond donors (Lipinski definition) is 2. The lowest BCUT2D eigenvalue weighted by Crippen LogP contribution is -2.41. The number of hydrogen-bond acceptors (Lipinski definition) is 3. The van der Waals surface area contributed by atoms with Gasteiger partial charge in [-0.15, -0.1) is 0 Å². The molecule has 0 spiro atoms. The third-order valence-corrected chi connectivity index (χ3v) is 6.35. The van der Waals surface area contributed by atoms with Crippen LogP contribution < -0.4 is 10.5 Å². The standard InChI is InChI=1S/C15H22N2O2S2/c1-3-15(7-4-8-15)10-17-21(18,19)13-6-5-12(14(16)20)9-11(13)2/h5-6,9,17H,3-4,7-8,10H2,1-2H3,(H2,16,20). The average Bonchev–Trinajstić information content (AvgIpc) is 2.37. The van der Waals surface area contributed by atoms with Crippen LogP contribution in [0.4, 0.5) is 0 Å². The Hall–Kier alpha value is -0.980. The largest absolute Gasteiger partial charge is 0.389 e. The third-order valence-electron chi connectivity index (χ3n) is 4.55. The molecule has 0 amide bonds. The summed E-state index contributed by atoms with van der Waals surface area (Å²) in [6.07, 6.45) is 4.41. The number of thiocarbonyl (C=S) groups is 1. The predicted molar refractivity (Wildman–Crippen MR) is 88.8 cm³/mol. The van der Waals surface area contributed by atoms with Gasteiger partial charge in [0, 0.05) is 12.1 Å². The van der Waals surface area contributed by atoms with Gasteiger partial charge in [-0.05, 0) is 49.3 Å². The number of rotatable bonds is 6. The van der Waals surface area contributed by atoms with Crippen molar-refractivity contribution in [2.75, 3.05) is 6.54 Å². The molecule has 0 bridgehead atoms. The van der Waals surface area contributed by atoms with E-state index in [4.69, 9.17) is 18.0 Å². The lowest BCUT2D eigenvalue weighted by atomic mass is 9.67. The lowest BCUT2D eigenvalue weighted by Gasteiger charge is -2.41. The molecule has 0 saturated heterocycles. The van der Waals surface area contributed by atoms with E-state index in [1.54, 1.807) is 25.1 Å². The molecule has 1 aliphatic carbocycles. The molecule has 0 aromatic heterocycles. The minimum Gasteiger partial charge on any atom is -0.389 e. The molecule has 1 fully saturated rings. The van der Waals surface area contributed by atoms with Crippen LogP contribution >= 0.6 is 12.2 Å². The van der Waals surface area contributed by atoms with Crippen molar-refractivity contribution in [1.82, 2.24) is 4.72 Å². The number of benzene rings is 1. The minimum atomic E-state index is -3.49. The highest BCUT2D eigenvalue weighted by Crippen LogP contribution is 2.43. The molecule has 1 saturated carbocycles. The highest BCUT2D eigenvalue weighted by atomic mass is 32.2. The molecule has 0 atom stereocenters. The van der Waals surface area contributed by atoms with Gasteiger partial charge in [-0.3, -0.25) is 0 Å². The van der Waals surface area contributed by atoms with Gasteiger partial charge in [-0.25, -0.2) is 13.1 Å². The Morgan fingerprint density at radius 2 is 2.10 bits per heavy atom. The SMILES string of the molecule is CCC1(CNS(=O)(=O)c2ccc(C(N)=S)cc2C)CCC1. The summed E-state index contributed by atoms with van der Waals surface area (Å²) >= 11 is 4.91. The molecule has 1 aliphatic rings. The number of sulfonamides is 1. The molecule has 0 heterocycles. The van der Waals surface area contributed by atoms with E-state index < -0.39 is 10.0 Å². The van der Waals surface area contributed by atoms with E-state index >= 15 is 0 Å². The maximum atomic E-state index is 12.5. The van der Waals surface area contributed by atoms with Gasteiger partial charge in [0.1, 0.15) is 4.99 Å². The zero-order chi connectivity index (χ0) is 15.7. The third kappa shape index (κ3) is 3.44. The summed E-state index contributed by atoms with van der Waals surface area (Å²) in [6.45, 7) is 4.40. The van der Waals surface area contributed by atoms with Crippen LogP contribution in [0.15, 0.2) is 23.1 Å². The lowest BCUT2D eigenvalue weighted by molar-refractivity contribution is 0.133. The first-order chi connectivity index (χ1) is 9.80. The molecule has 0 unspecified atom stereocenters. The Morgan fingerprint density at radius 1 is 1.43 bits per heavy atom. The van der Waals surface area contributed by atoms with E-state index in [0.29, 0.717) is 22.6 Å². The fraction of sp³-hybridized carbons (Fsp3) is 0.533. The fourth-order valence-electron chi connectivity index (χ4n) is 2.76. The van der Waals surface area contributed by atoms with Crippen LogP contribution in [-0.2, 0) is 10.0 Å². The number of nitrogens with one attached hydrogen (secondary N) is 1.